The third kappa shape index (κ3) is 6.00. The van der Waals surface area contributed by atoms with Gasteiger partial charge >= 0.3 is 0 Å². The molecule has 0 unspecified atom stereocenters. The van der Waals surface area contributed by atoms with Crippen LogP contribution in [0.25, 0.3) is 0 Å². The van der Waals surface area contributed by atoms with Crippen LogP contribution in [0.1, 0.15) is 16.7 Å². The van der Waals surface area contributed by atoms with Gasteiger partial charge in [-0.05, 0) is 16.7 Å². The molecule has 1 heterocycles. The summed E-state index contributed by atoms with van der Waals surface area (Å²) >= 11 is 0. The van der Waals surface area contributed by atoms with Crippen LogP contribution in [0.5, 0.6) is 0 Å². The van der Waals surface area contributed by atoms with E-state index in [4.69, 9.17) is 9.47 Å². The zero-order valence-corrected chi connectivity index (χ0v) is 19.3. The minimum Gasteiger partial charge on any atom is -0.389 e. The molecule has 5 heteroatoms. The quantitative estimate of drug-likeness (QED) is 0.450. The molecule has 34 heavy (non-hydrogen) atoms. The summed E-state index contributed by atoms with van der Waals surface area (Å²) in [6.45, 7) is 5.59. The van der Waals surface area contributed by atoms with Crippen molar-refractivity contribution in [2.75, 3.05) is 6.61 Å². The average Bonchev–Trinajstić information content (AvgIpc) is 2.88. The number of benzene rings is 3. The Morgan fingerprint density at radius 3 is 1.82 bits per heavy atom. The number of hydrogen-bond acceptors (Lipinski definition) is 5. The first-order valence-corrected chi connectivity index (χ1v) is 11.7. The number of aliphatic hydroxyl groups is 2. The number of hydrogen-bond donors (Lipinski definition) is 2. The smallest absolute Gasteiger partial charge is 0.113 e. The summed E-state index contributed by atoms with van der Waals surface area (Å²) in [7, 11) is 0. The summed E-state index contributed by atoms with van der Waals surface area (Å²) in [4.78, 5) is 2.07. The number of ether oxygens (including phenoxy) is 2. The van der Waals surface area contributed by atoms with Gasteiger partial charge in [-0.3, -0.25) is 4.90 Å². The highest BCUT2D eigenvalue weighted by molar-refractivity contribution is 5.18. The Morgan fingerprint density at radius 2 is 1.26 bits per heavy atom. The predicted octanol–water partition coefficient (Wildman–Crippen LogP) is 3.95. The van der Waals surface area contributed by atoms with E-state index in [1.165, 1.54) is 0 Å². The van der Waals surface area contributed by atoms with Crippen molar-refractivity contribution in [3.05, 3.63) is 120 Å². The summed E-state index contributed by atoms with van der Waals surface area (Å²) < 4.78 is 12.2. The van der Waals surface area contributed by atoms with Crippen molar-refractivity contribution in [2.45, 2.75) is 50.2 Å². The van der Waals surface area contributed by atoms with Crippen LogP contribution in [0.15, 0.2) is 104 Å². The molecule has 1 saturated heterocycles. The molecule has 1 fully saturated rings. The van der Waals surface area contributed by atoms with Crippen LogP contribution >= 0.6 is 0 Å². The van der Waals surface area contributed by atoms with Gasteiger partial charge in [0, 0.05) is 6.54 Å². The summed E-state index contributed by atoms with van der Waals surface area (Å²) in [5.41, 5.74) is 3.14. The van der Waals surface area contributed by atoms with E-state index in [0.717, 1.165) is 16.7 Å². The second-order valence-corrected chi connectivity index (χ2v) is 8.69. The van der Waals surface area contributed by atoms with Crippen LogP contribution in [0, 0.1) is 0 Å². The van der Waals surface area contributed by atoms with Crippen molar-refractivity contribution < 1.29 is 19.7 Å². The molecule has 3 aromatic rings. The van der Waals surface area contributed by atoms with Gasteiger partial charge in [0.25, 0.3) is 0 Å². The first kappa shape index (κ1) is 24.3. The van der Waals surface area contributed by atoms with Gasteiger partial charge in [0.15, 0.2) is 0 Å². The first-order valence-electron chi connectivity index (χ1n) is 11.7. The Labute approximate surface area is 201 Å². The largest absolute Gasteiger partial charge is 0.389 e. The molecule has 0 aromatic heterocycles. The van der Waals surface area contributed by atoms with E-state index < -0.39 is 24.4 Å². The lowest BCUT2D eigenvalue weighted by molar-refractivity contribution is -0.191. The maximum Gasteiger partial charge on any atom is 0.113 e. The Morgan fingerprint density at radius 1 is 0.735 bits per heavy atom. The Hall–Kier alpha value is -2.80. The van der Waals surface area contributed by atoms with E-state index in [9.17, 15) is 10.2 Å². The normalized spacial score (nSPS) is 25.2. The van der Waals surface area contributed by atoms with Crippen LogP contribution in [0.4, 0.5) is 0 Å². The number of aliphatic hydroxyl groups excluding tert-OH is 2. The minimum absolute atomic E-state index is 0.297. The molecular weight excluding hydrogens is 426 g/mol. The lowest BCUT2D eigenvalue weighted by atomic mass is 9.87. The standard InChI is InChI=1S/C29H33NO4/c1-2-25-27(31)29(34-20-24-16-10-5-11-17-24)28(32)26(21-33-19-23-14-8-4-9-15-23)30(25)18-22-12-6-3-7-13-22/h2-17,25-29,31-32H,1,18-21H2/t25-,26-,27+,28-,29-/m1/s1. The van der Waals surface area contributed by atoms with Gasteiger partial charge in [-0.15, -0.1) is 6.58 Å². The molecule has 1 aliphatic heterocycles. The summed E-state index contributed by atoms with van der Waals surface area (Å²) in [6.07, 6.45) is -0.886. The maximum absolute atomic E-state index is 11.4. The summed E-state index contributed by atoms with van der Waals surface area (Å²) in [5, 5.41) is 22.6. The molecule has 1 aliphatic rings. The lowest BCUT2D eigenvalue weighted by Crippen LogP contribution is -2.67. The van der Waals surface area contributed by atoms with Crippen LogP contribution in [-0.2, 0) is 29.2 Å². The molecule has 0 saturated carbocycles. The van der Waals surface area contributed by atoms with Gasteiger partial charge < -0.3 is 19.7 Å². The fourth-order valence-electron chi connectivity index (χ4n) is 4.55. The monoisotopic (exact) mass is 459 g/mol. The lowest BCUT2D eigenvalue weighted by Gasteiger charge is -2.49. The topological polar surface area (TPSA) is 62.2 Å². The second-order valence-electron chi connectivity index (χ2n) is 8.69. The van der Waals surface area contributed by atoms with Gasteiger partial charge in [-0.25, -0.2) is 0 Å². The number of nitrogens with zero attached hydrogens (tertiary/aromatic N) is 1. The number of rotatable bonds is 10. The molecular formula is C29H33NO4. The molecule has 178 valence electrons. The van der Waals surface area contributed by atoms with Crippen LogP contribution in [0.3, 0.4) is 0 Å². The highest BCUT2D eigenvalue weighted by Gasteiger charge is 2.47. The summed E-state index contributed by atoms with van der Waals surface area (Å²) in [5.74, 6) is 0. The van der Waals surface area contributed by atoms with Crippen molar-refractivity contribution >= 4 is 0 Å². The van der Waals surface area contributed by atoms with Crippen molar-refractivity contribution in [1.82, 2.24) is 4.90 Å². The highest BCUT2D eigenvalue weighted by Crippen LogP contribution is 2.30. The number of likely N-dealkylation sites (tertiary alicyclic amines) is 1. The highest BCUT2D eigenvalue weighted by atomic mass is 16.5. The fraction of sp³-hybridized carbons (Fsp3) is 0.310. The van der Waals surface area contributed by atoms with Crippen LogP contribution in [0.2, 0.25) is 0 Å². The zero-order chi connectivity index (χ0) is 23.8. The summed E-state index contributed by atoms with van der Waals surface area (Å²) in [6, 6.07) is 29.0. The minimum atomic E-state index is -0.936. The van der Waals surface area contributed by atoms with E-state index in [2.05, 4.69) is 11.5 Å². The molecule has 5 nitrogen and oxygen atoms in total. The Balaban J connectivity index is 1.53. The van der Waals surface area contributed by atoms with Crippen molar-refractivity contribution in [3.63, 3.8) is 0 Å². The molecule has 0 spiro atoms. The molecule has 0 amide bonds. The van der Waals surface area contributed by atoms with Gasteiger partial charge in [0.1, 0.15) is 18.3 Å². The van der Waals surface area contributed by atoms with E-state index in [1.807, 2.05) is 91.0 Å². The van der Waals surface area contributed by atoms with Gasteiger partial charge in [-0.2, -0.15) is 0 Å². The molecule has 4 rings (SSSR count). The third-order valence-electron chi connectivity index (χ3n) is 6.36. The SMILES string of the molecule is C=C[C@@H]1[C@H](O)[C@@H](OCc2ccccc2)[C@H](O)[C@@H](COCc2ccccc2)N1Cc1ccccc1. The van der Waals surface area contributed by atoms with E-state index in [-0.39, 0.29) is 6.04 Å². The van der Waals surface area contributed by atoms with Crippen molar-refractivity contribution in [3.8, 4) is 0 Å². The van der Waals surface area contributed by atoms with Gasteiger partial charge in [0.05, 0.1) is 31.9 Å². The maximum atomic E-state index is 11.4. The van der Waals surface area contributed by atoms with Gasteiger partial charge in [0.2, 0.25) is 0 Å². The van der Waals surface area contributed by atoms with Crippen molar-refractivity contribution in [2.24, 2.45) is 0 Å². The van der Waals surface area contributed by atoms with Crippen LogP contribution in [-0.4, -0.2) is 52.1 Å². The van der Waals surface area contributed by atoms with Gasteiger partial charge in [-0.1, -0.05) is 97.1 Å². The Kier molecular flexibility index (Phi) is 8.63. The van der Waals surface area contributed by atoms with E-state index >= 15 is 0 Å². The molecule has 0 radical (unpaired) electrons. The Bertz CT molecular complexity index is 998. The fourth-order valence-corrected chi connectivity index (χ4v) is 4.55. The molecule has 0 bridgehead atoms. The average molecular weight is 460 g/mol. The zero-order valence-electron chi connectivity index (χ0n) is 19.3. The van der Waals surface area contributed by atoms with E-state index in [1.54, 1.807) is 6.08 Å². The predicted molar refractivity (Wildman–Crippen MR) is 133 cm³/mol. The molecule has 5 atom stereocenters. The van der Waals surface area contributed by atoms with Crippen molar-refractivity contribution in [1.29, 1.82) is 0 Å². The third-order valence-corrected chi connectivity index (χ3v) is 6.36. The van der Waals surface area contributed by atoms with Crippen LogP contribution < -0.4 is 0 Å². The first-order chi connectivity index (χ1) is 16.7. The second kappa shape index (κ2) is 12.1. The molecule has 2 N–H and O–H groups in total. The number of piperidine rings is 1. The molecule has 3 aromatic carbocycles. The van der Waals surface area contributed by atoms with E-state index in [0.29, 0.717) is 26.4 Å². The molecule has 0 aliphatic carbocycles.